The highest BCUT2D eigenvalue weighted by atomic mass is 35.5. The molecule has 0 radical (unpaired) electrons. The lowest BCUT2D eigenvalue weighted by Gasteiger charge is -2.45. The molecule has 3 aromatic carbocycles. The Bertz CT molecular complexity index is 1330. The minimum absolute atomic E-state index is 0.289. The number of aryl methyl sites for hydroxylation is 4. The van der Waals surface area contributed by atoms with E-state index in [9.17, 15) is 14.7 Å². The van der Waals surface area contributed by atoms with Crippen LogP contribution in [0.25, 0.3) is 11.1 Å². The number of anilines is 1. The monoisotopic (exact) mass is 523 g/mol. The van der Waals surface area contributed by atoms with Gasteiger partial charge in [0, 0.05) is 34.3 Å². The van der Waals surface area contributed by atoms with Crippen LogP contribution in [0.2, 0.25) is 5.02 Å². The first-order valence-electron chi connectivity index (χ1n) is 11.6. The first kappa shape index (κ1) is 26.1. The number of likely N-dealkylation sites (tertiary alicyclic amines) is 1. The largest absolute Gasteiger partial charge is 0.479 e. The third kappa shape index (κ3) is 5.24. The van der Waals surface area contributed by atoms with Gasteiger partial charge < -0.3 is 20.0 Å². The van der Waals surface area contributed by atoms with Crippen molar-refractivity contribution in [2.75, 3.05) is 24.9 Å². The summed E-state index contributed by atoms with van der Waals surface area (Å²) < 4.78 is 3.42. The summed E-state index contributed by atoms with van der Waals surface area (Å²) in [6.45, 7) is 8.38. The highest BCUT2D eigenvalue weighted by Crippen LogP contribution is 2.32. The van der Waals surface area contributed by atoms with Crippen LogP contribution in [0.5, 0.6) is 0 Å². The summed E-state index contributed by atoms with van der Waals surface area (Å²) in [7, 11) is 1.83. The van der Waals surface area contributed by atoms with E-state index in [2.05, 4.69) is 22.2 Å². The van der Waals surface area contributed by atoms with Crippen molar-refractivity contribution in [1.82, 2.24) is 10.2 Å². The highest BCUT2D eigenvalue weighted by molar-refractivity contribution is 8.00. The number of likely N-dealkylation sites (N-methyl/N-ethyl adjacent to an activating group) is 1. The van der Waals surface area contributed by atoms with Crippen LogP contribution in [0.15, 0.2) is 53.4 Å². The zero-order chi connectivity index (χ0) is 26.2. The Morgan fingerprint density at radius 2 is 1.61 bits per heavy atom. The van der Waals surface area contributed by atoms with E-state index in [1.165, 1.54) is 0 Å². The van der Waals surface area contributed by atoms with Gasteiger partial charge in [-0.3, -0.25) is 4.79 Å². The number of rotatable bonds is 7. The highest BCUT2D eigenvalue weighted by Gasteiger charge is 2.49. The van der Waals surface area contributed by atoms with Gasteiger partial charge >= 0.3 is 5.97 Å². The van der Waals surface area contributed by atoms with Gasteiger partial charge in [-0.1, -0.05) is 35.9 Å². The second kappa shape index (κ2) is 10.2. The summed E-state index contributed by atoms with van der Waals surface area (Å²) >= 11 is 7.77. The van der Waals surface area contributed by atoms with Gasteiger partial charge in [-0.25, -0.2) is 4.79 Å². The van der Waals surface area contributed by atoms with Crippen molar-refractivity contribution in [2.24, 2.45) is 0 Å². The molecule has 36 heavy (non-hydrogen) atoms. The summed E-state index contributed by atoms with van der Waals surface area (Å²) in [5.41, 5.74) is 6.00. The lowest BCUT2D eigenvalue weighted by molar-refractivity contribution is -0.151. The van der Waals surface area contributed by atoms with E-state index < -0.39 is 11.5 Å². The van der Waals surface area contributed by atoms with Gasteiger partial charge in [0.15, 0.2) is 5.54 Å². The summed E-state index contributed by atoms with van der Waals surface area (Å²) in [5, 5.41) is 13.2. The van der Waals surface area contributed by atoms with E-state index in [1.807, 2.05) is 76.0 Å². The van der Waals surface area contributed by atoms with Crippen molar-refractivity contribution in [3.63, 3.8) is 0 Å². The molecule has 0 atom stereocenters. The maximum absolute atomic E-state index is 13.1. The van der Waals surface area contributed by atoms with Crippen molar-refractivity contribution >= 4 is 41.1 Å². The number of nitrogens with one attached hydrogen (secondary N) is 2. The lowest BCUT2D eigenvalue weighted by atomic mass is 9.89. The molecule has 8 heteroatoms. The average molecular weight is 524 g/mol. The number of halogens is 1. The van der Waals surface area contributed by atoms with Crippen molar-refractivity contribution < 1.29 is 14.7 Å². The van der Waals surface area contributed by atoms with Gasteiger partial charge in [-0.15, -0.1) is 0 Å². The minimum atomic E-state index is -1.23. The standard InChI is InChI=1S/C28H30ClN3O3S/c1-16-12-24(17(2)11-23(16)29)36-31-22-8-6-7-20(13-22)21-9-18(3)25(19(4)10-21)26(33)30-28(27(34)35)14-32(5)15-28/h6-13,31H,14-15H2,1-5H3,(H,30,33)(H,34,35). The van der Waals surface area contributed by atoms with Gasteiger partial charge in [-0.05, 0) is 104 Å². The van der Waals surface area contributed by atoms with Crippen LogP contribution in [0.3, 0.4) is 0 Å². The molecule has 0 unspecified atom stereocenters. The fourth-order valence-corrected chi connectivity index (χ4v) is 5.68. The topological polar surface area (TPSA) is 81.7 Å². The molecule has 1 fully saturated rings. The normalized spacial score (nSPS) is 14.7. The molecular weight excluding hydrogens is 494 g/mol. The molecule has 3 aromatic rings. The Kier molecular flexibility index (Phi) is 7.36. The van der Waals surface area contributed by atoms with Gasteiger partial charge in [0.05, 0.1) is 0 Å². The molecular formula is C28H30ClN3O3S. The van der Waals surface area contributed by atoms with E-state index in [1.54, 1.807) is 11.9 Å². The predicted molar refractivity (Wildman–Crippen MR) is 147 cm³/mol. The van der Waals surface area contributed by atoms with Gasteiger partial charge in [0.25, 0.3) is 5.91 Å². The van der Waals surface area contributed by atoms with Gasteiger partial charge in [0.1, 0.15) is 0 Å². The number of aliphatic carboxylic acids is 1. The number of hydrogen-bond acceptors (Lipinski definition) is 5. The first-order valence-corrected chi connectivity index (χ1v) is 12.8. The molecule has 1 aliphatic heterocycles. The second-order valence-corrected chi connectivity index (χ2v) is 10.9. The fraction of sp³-hybridized carbons (Fsp3) is 0.286. The third-order valence-corrected chi connectivity index (χ3v) is 7.94. The number of carboxylic acid groups (broad SMARTS) is 1. The predicted octanol–water partition coefficient (Wildman–Crippen LogP) is 5.86. The van der Waals surface area contributed by atoms with E-state index >= 15 is 0 Å². The lowest BCUT2D eigenvalue weighted by Crippen LogP contribution is -2.73. The molecule has 1 heterocycles. The molecule has 1 aliphatic rings. The number of carbonyl (C=O) groups excluding carboxylic acids is 1. The van der Waals surface area contributed by atoms with E-state index in [0.717, 1.165) is 49.0 Å². The SMILES string of the molecule is Cc1cc(SNc2cccc(-c3cc(C)c(C(=O)NC4(C(=O)O)CN(C)C4)c(C)c3)c2)c(C)cc1Cl. The van der Waals surface area contributed by atoms with Crippen molar-refractivity contribution in [1.29, 1.82) is 0 Å². The van der Waals surface area contributed by atoms with E-state index in [4.69, 9.17) is 11.6 Å². The number of amides is 1. The maximum atomic E-state index is 13.1. The van der Waals surface area contributed by atoms with Crippen LogP contribution in [0, 0.1) is 27.7 Å². The average Bonchev–Trinajstić information content (AvgIpc) is 2.79. The smallest absolute Gasteiger partial charge is 0.332 e. The third-order valence-electron chi connectivity index (χ3n) is 6.53. The van der Waals surface area contributed by atoms with Crippen molar-refractivity contribution in [2.45, 2.75) is 38.1 Å². The van der Waals surface area contributed by atoms with Crippen LogP contribution >= 0.6 is 23.5 Å². The Labute approximate surface area is 221 Å². The summed E-state index contributed by atoms with van der Waals surface area (Å²) in [4.78, 5) is 27.9. The maximum Gasteiger partial charge on any atom is 0.332 e. The molecule has 0 aliphatic carbocycles. The van der Waals surface area contributed by atoms with E-state index in [0.29, 0.717) is 5.56 Å². The number of carboxylic acids is 1. The summed E-state index contributed by atoms with van der Waals surface area (Å²) in [6, 6.07) is 16.1. The zero-order valence-electron chi connectivity index (χ0n) is 21.0. The number of nitrogens with zero attached hydrogens (tertiary/aromatic N) is 1. The quantitative estimate of drug-likeness (QED) is 0.337. The molecule has 6 nitrogen and oxygen atoms in total. The minimum Gasteiger partial charge on any atom is -0.479 e. The molecule has 3 N–H and O–H groups in total. The first-order chi connectivity index (χ1) is 17.0. The summed E-state index contributed by atoms with van der Waals surface area (Å²) in [6.07, 6.45) is 0. The molecule has 0 saturated carbocycles. The van der Waals surface area contributed by atoms with E-state index in [-0.39, 0.29) is 19.0 Å². The van der Waals surface area contributed by atoms with Crippen LogP contribution in [-0.4, -0.2) is 47.6 Å². The number of benzene rings is 3. The molecule has 0 bridgehead atoms. The molecule has 1 amide bonds. The Balaban J connectivity index is 1.53. The zero-order valence-corrected chi connectivity index (χ0v) is 22.6. The summed E-state index contributed by atoms with van der Waals surface area (Å²) in [5.74, 6) is -1.36. The Morgan fingerprint density at radius 1 is 0.944 bits per heavy atom. The molecule has 1 saturated heterocycles. The van der Waals surface area contributed by atoms with Crippen LogP contribution in [-0.2, 0) is 4.79 Å². The van der Waals surface area contributed by atoms with Crippen LogP contribution in [0.1, 0.15) is 32.6 Å². The molecule has 4 rings (SSSR count). The number of carbonyl (C=O) groups is 2. The van der Waals surface area contributed by atoms with Crippen LogP contribution in [0.4, 0.5) is 5.69 Å². The molecule has 0 aromatic heterocycles. The fourth-order valence-electron chi connectivity index (χ4n) is 4.65. The molecule has 188 valence electrons. The van der Waals surface area contributed by atoms with Crippen molar-refractivity contribution in [3.8, 4) is 11.1 Å². The van der Waals surface area contributed by atoms with Crippen LogP contribution < -0.4 is 10.0 Å². The number of hydrogen-bond donors (Lipinski definition) is 3. The second-order valence-electron chi connectivity index (χ2n) is 9.65. The Morgan fingerprint density at radius 3 is 2.22 bits per heavy atom. The van der Waals surface area contributed by atoms with Gasteiger partial charge in [0.2, 0.25) is 0 Å². The molecule has 0 spiro atoms. The Hall–Kier alpha value is -3.00. The van der Waals surface area contributed by atoms with Crippen molar-refractivity contribution in [3.05, 3.63) is 81.4 Å². The van der Waals surface area contributed by atoms with Gasteiger partial charge in [-0.2, -0.15) is 0 Å².